The number of aliphatic hydroxyl groups excluding tert-OH is 1. The van der Waals surface area contributed by atoms with Crippen molar-refractivity contribution in [3.05, 3.63) is 51.7 Å². The summed E-state index contributed by atoms with van der Waals surface area (Å²) in [5.41, 5.74) is 2.80. The molecule has 2 heterocycles. The number of nitrogens with zero attached hydrogens (tertiary/aromatic N) is 1. The van der Waals surface area contributed by atoms with Crippen LogP contribution in [0.15, 0.2) is 39.5 Å². The minimum Gasteiger partial charge on any atom is -0.496 e. The molecule has 182 valence electrons. The Morgan fingerprint density at radius 2 is 1.71 bits per heavy atom. The highest BCUT2D eigenvalue weighted by atomic mass is 16.5. The van der Waals surface area contributed by atoms with Gasteiger partial charge >= 0.3 is 0 Å². The van der Waals surface area contributed by atoms with Crippen molar-refractivity contribution in [1.29, 1.82) is 0 Å². The van der Waals surface area contributed by atoms with Crippen LogP contribution in [0.3, 0.4) is 0 Å². The second-order valence-corrected chi connectivity index (χ2v) is 8.94. The van der Waals surface area contributed by atoms with Crippen molar-refractivity contribution >= 4 is 11.0 Å². The van der Waals surface area contributed by atoms with Gasteiger partial charge in [0.05, 0.1) is 14.2 Å². The Bertz CT molecular complexity index is 1190. The monoisotopic (exact) mass is 467 g/mol. The lowest BCUT2D eigenvalue weighted by atomic mass is 10.0. The number of methoxy groups -OCH3 is 2. The zero-order valence-corrected chi connectivity index (χ0v) is 20.3. The Morgan fingerprint density at radius 1 is 1.00 bits per heavy atom. The van der Waals surface area contributed by atoms with Crippen LogP contribution < -0.4 is 19.6 Å². The van der Waals surface area contributed by atoms with Gasteiger partial charge in [0.1, 0.15) is 46.7 Å². The minimum absolute atomic E-state index is 0.188. The first-order valence-corrected chi connectivity index (χ1v) is 11.7. The lowest BCUT2D eigenvalue weighted by molar-refractivity contribution is 0.0613. The Labute approximate surface area is 199 Å². The number of β-amino-alcohol motifs (C(OH)–C–C–N with tert-alkyl or cyclic N) is 1. The summed E-state index contributed by atoms with van der Waals surface area (Å²) >= 11 is 0. The number of aliphatic hydroxyl groups is 1. The van der Waals surface area contributed by atoms with Gasteiger partial charge in [0.2, 0.25) is 0 Å². The first-order chi connectivity index (χ1) is 16.4. The van der Waals surface area contributed by atoms with Crippen LogP contribution in [-0.4, -0.2) is 56.6 Å². The second kappa shape index (κ2) is 10.5. The third-order valence-corrected chi connectivity index (χ3v) is 6.31. The lowest BCUT2D eigenvalue weighted by Crippen LogP contribution is -2.38. The van der Waals surface area contributed by atoms with Crippen LogP contribution in [0.5, 0.6) is 17.2 Å². The number of likely N-dealkylation sites (tertiary alicyclic amines) is 1. The summed E-state index contributed by atoms with van der Waals surface area (Å²) in [6, 6.07) is 8.69. The van der Waals surface area contributed by atoms with Gasteiger partial charge in [-0.25, -0.2) is 0 Å². The standard InChI is InChI=1S/C27H33NO6/c1-17-10-19(11-18(2)27(17)33-16-20(29)15-28-8-6-5-7-9-28)23-14-22(30)26-24(32-4)12-21(31-3)13-25(26)34-23/h10-14,20,29H,5-9,15-16H2,1-4H3/t20-/m1/s1. The number of piperidine rings is 1. The van der Waals surface area contributed by atoms with Gasteiger partial charge in [0, 0.05) is 30.3 Å². The van der Waals surface area contributed by atoms with E-state index in [9.17, 15) is 9.90 Å². The lowest BCUT2D eigenvalue weighted by Gasteiger charge is -2.28. The molecule has 34 heavy (non-hydrogen) atoms. The van der Waals surface area contributed by atoms with Gasteiger partial charge < -0.3 is 28.6 Å². The average molecular weight is 468 g/mol. The molecule has 1 aliphatic heterocycles. The number of ether oxygens (including phenoxy) is 3. The maximum Gasteiger partial charge on any atom is 0.197 e. The van der Waals surface area contributed by atoms with E-state index in [-0.39, 0.29) is 12.0 Å². The zero-order valence-electron chi connectivity index (χ0n) is 20.3. The predicted octanol–water partition coefficient (Wildman–Crippen LogP) is 4.32. The van der Waals surface area contributed by atoms with E-state index in [1.54, 1.807) is 19.2 Å². The van der Waals surface area contributed by atoms with E-state index in [4.69, 9.17) is 18.6 Å². The van der Waals surface area contributed by atoms with Crippen LogP contribution in [0.4, 0.5) is 0 Å². The largest absolute Gasteiger partial charge is 0.496 e. The molecule has 0 bridgehead atoms. The molecular formula is C27H33NO6. The van der Waals surface area contributed by atoms with Crippen LogP contribution in [0.25, 0.3) is 22.3 Å². The van der Waals surface area contributed by atoms with Gasteiger partial charge in [-0.2, -0.15) is 0 Å². The van der Waals surface area contributed by atoms with Crippen molar-refractivity contribution in [2.24, 2.45) is 0 Å². The first-order valence-electron chi connectivity index (χ1n) is 11.7. The molecule has 0 unspecified atom stereocenters. The third-order valence-electron chi connectivity index (χ3n) is 6.31. The van der Waals surface area contributed by atoms with E-state index in [0.29, 0.717) is 34.8 Å². The fraction of sp³-hybridized carbons (Fsp3) is 0.444. The van der Waals surface area contributed by atoms with Gasteiger partial charge in [-0.1, -0.05) is 6.42 Å². The molecule has 1 N–H and O–H groups in total. The van der Waals surface area contributed by atoms with E-state index in [1.165, 1.54) is 32.4 Å². The highest BCUT2D eigenvalue weighted by Crippen LogP contribution is 2.34. The zero-order chi connectivity index (χ0) is 24.2. The fourth-order valence-electron chi connectivity index (χ4n) is 4.64. The van der Waals surface area contributed by atoms with Crippen LogP contribution >= 0.6 is 0 Å². The fourth-order valence-corrected chi connectivity index (χ4v) is 4.64. The van der Waals surface area contributed by atoms with Crippen LogP contribution in [0.2, 0.25) is 0 Å². The molecule has 0 radical (unpaired) electrons. The molecule has 1 aliphatic rings. The second-order valence-electron chi connectivity index (χ2n) is 8.94. The molecule has 0 aliphatic carbocycles. The maximum absolute atomic E-state index is 12.9. The summed E-state index contributed by atoms with van der Waals surface area (Å²) in [6.07, 6.45) is 3.11. The Hall–Kier alpha value is -3.03. The van der Waals surface area contributed by atoms with Crippen molar-refractivity contribution in [3.63, 3.8) is 0 Å². The van der Waals surface area contributed by atoms with Gasteiger partial charge in [0.15, 0.2) is 5.43 Å². The number of benzene rings is 2. The van der Waals surface area contributed by atoms with E-state index < -0.39 is 6.10 Å². The molecule has 3 aromatic rings. The molecule has 1 atom stereocenters. The van der Waals surface area contributed by atoms with Crippen molar-refractivity contribution in [2.45, 2.75) is 39.2 Å². The van der Waals surface area contributed by atoms with Crippen molar-refractivity contribution in [2.75, 3.05) is 40.5 Å². The van der Waals surface area contributed by atoms with E-state index >= 15 is 0 Å². The molecule has 7 nitrogen and oxygen atoms in total. The van der Waals surface area contributed by atoms with E-state index in [1.807, 2.05) is 26.0 Å². The Balaban J connectivity index is 1.57. The van der Waals surface area contributed by atoms with Gasteiger partial charge in [-0.3, -0.25) is 4.79 Å². The molecule has 1 saturated heterocycles. The molecule has 0 spiro atoms. The molecule has 1 fully saturated rings. The van der Waals surface area contributed by atoms with Crippen molar-refractivity contribution < 1.29 is 23.7 Å². The van der Waals surface area contributed by atoms with Gasteiger partial charge in [0.25, 0.3) is 0 Å². The molecule has 4 rings (SSSR count). The van der Waals surface area contributed by atoms with Crippen molar-refractivity contribution in [1.82, 2.24) is 4.90 Å². The summed E-state index contributed by atoms with van der Waals surface area (Å²) in [5, 5.41) is 10.8. The summed E-state index contributed by atoms with van der Waals surface area (Å²) < 4.78 is 22.8. The molecule has 1 aromatic heterocycles. The summed E-state index contributed by atoms with van der Waals surface area (Å²) in [4.78, 5) is 15.2. The third kappa shape index (κ3) is 5.21. The molecule has 7 heteroatoms. The number of hydrogen-bond donors (Lipinski definition) is 1. The van der Waals surface area contributed by atoms with Gasteiger partial charge in [-0.15, -0.1) is 0 Å². The maximum atomic E-state index is 12.9. The first kappa shape index (κ1) is 24.1. The minimum atomic E-state index is -0.542. The predicted molar refractivity (Wildman–Crippen MR) is 132 cm³/mol. The number of aryl methyl sites for hydroxylation is 2. The quantitative estimate of drug-likeness (QED) is 0.528. The number of hydrogen-bond acceptors (Lipinski definition) is 7. The van der Waals surface area contributed by atoms with E-state index in [0.717, 1.165) is 35.5 Å². The molecular weight excluding hydrogens is 434 g/mol. The summed E-state index contributed by atoms with van der Waals surface area (Å²) in [5.74, 6) is 2.15. The normalized spacial score (nSPS) is 15.3. The average Bonchev–Trinajstić information content (AvgIpc) is 2.83. The molecule has 2 aromatic carbocycles. The highest BCUT2D eigenvalue weighted by Gasteiger charge is 2.18. The molecule has 0 saturated carbocycles. The van der Waals surface area contributed by atoms with Crippen LogP contribution in [-0.2, 0) is 0 Å². The van der Waals surface area contributed by atoms with Gasteiger partial charge in [-0.05, 0) is 63.0 Å². The summed E-state index contributed by atoms with van der Waals surface area (Å²) in [6.45, 7) is 6.85. The summed E-state index contributed by atoms with van der Waals surface area (Å²) in [7, 11) is 3.06. The topological polar surface area (TPSA) is 81.4 Å². The molecule has 0 amide bonds. The number of fused-ring (bicyclic) bond motifs is 1. The Morgan fingerprint density at radius 3 is 2.35 bits per heavy atom. The smallest absolute Gasteiger partial charge is 0.197 e. The SMILES string of the molecule is COc1cc(OC)c2c(=O)cc(-c3cc(C)c(OC[C@H](O)CN4CCCCC4)c(C)c3)oc2c1. The Kier molecular flexibility index (Phi) is 7.44. The van der Waals surface area contributed by atoms with Crippen LogP contribution in [0.1, 0.15) is 30.4 Å². The van der Waals surface area contributed by atoms with Crippen LogP contribution in [0, 0.1) is 13.8 Å². The highest BCUT2D eigenvalue weighted by molar-refractivity contribution is 5.86. The number of rotatable bonds is 8. The van der Waals surface area contributed by atoms with E-state index in [2.05, 4.69) is 4.90 Å². The van der Waals surface area contributed by atoms with Crippen molar-refractivity contribution in [3.8, 4) is 28.6 Å².